The van der Waals surface area contributed by atoms with Gasteiger partial charge in [0.1, 0.15) is 12.3 Å². The molecule has 0 aliphatic heterocycles. The number of ether oxygens (including phenoxy) is 1. The number of carbonyl (C=O) groups excluding carboxylic acids is 1. The van der Waals surface area contributed by atoms with Gasteiger partial charge in [-0.05, 0) is 92.6 Å². The van der Waals surface area contributed by atoms with Crippen LogP contribution in [0, 0.1) is 6.92 Å². The predicted octanol–water partition coefficient (Wildman–Crippen LogP) is 6.27. The summed E-state index contributed by atoms with van der Waals surface area (Å²) in [6.07, 6.45) is 4.79. The molecular formula is C29H34N2O4S. The largest absolute Gasteiger partial charge is 0.490 e. The quantitative estimate of drug-likeness (QED) is 0.371. The first-order valence-corrected chi connectivity index (χ1v) is 13.9. The Kier molecular flexibility index (Phi) is 7.99. The zero-order valence-corrected chi connectivity index (χ0v) is 21.9. The molecule has 0 bridgehead atoms. The zero-order valence-electron chi connectivity index (χ0n) is 21.1. The Bertz CT molecular complexity index is 1260. The molecule has 36 heavy (non-hydrogen) atoms. The summed E-state index contributed by atoms with van der Waals surface area (Å²) in [6, 6.07) is 21.2. The van der Waals surface area contributed by atoms with Crippen molar-refractivity contribution in [2.45, 2.75) is 63.4 Å². The minimum Gasteiger partial charge on any atom is -0.490 e. The van der Waals surface area contributed by atoms with E-state index in [2.05, 4.69) is 19.2 Å². The molecule has 1 saturated carbocycles. The van der Waals surface area contributed by atoms with Crippen molar-refractivity contribution in [3.8, 4) is 5.75 Å². The monoisotopic (exact) mass is 506 g/mol. The topological polar surface area (TPSA) is 75.7 Å². The molecule has 7 heteroatoms. The fourth-order valence-electron chi connectivity index (χ4n) is 4.32. The zero-order chi connectivity index (χ0) is 25.7. The summed E-state index contributed by atoms with van der Waals surface area (Å²) >= 11 is 0. The second kappa shape index (κ2) is 11.2. The van der Waals surface area contributed by atoms with Crippen LogP contribution in [0.1, 0.15) is 56.6 Å². The van der Waals surface area contributed by atoms with Gasteiger partial charge in [-0.2, -0.15) is 0 Å². The highest BCUT2D eigenvalue weighted by Crippen LogP contribution is 2.27. The van der Waals surface area contributed by atoms with Crippen molar-refractivity contribution in [1.29, 1.82) is 0 Å². The van der Waals surface area contributed by atoms with Gasteiger partial charge in [0.05, 0.1) is 16.7 Å². The van der Waals surface area contributed by atoms with E-state index in [4.69, 9.17) is 4.74 Å². The number of benzene rings is 3. The van der Waals surface area contributed by atoms with E-state index in [1.807, 2.05) is 31.2 Å². The minimum atomic E-state index is -3.96. The van der Waals surface area contributed by atoms with Crippen molar-refractivity contribution < 1.29 is 17.9 Å². The first kappa shape index (κ1) is 25.8. The van der Waals surface area contributed by atoms with Crippen LogP contribution >= 0.6 is 0 Å². The molecule has 0 heterocycles. The van der Waals surface area contributed by atoms with E-state index in [0.717, 1.165) is 34.0 Å². The fraction of sp³-hybridized carbons (Fsp3) is 0.345. The SMILES string of the molecule is Cc1ccc(S(=O)(=O)N(CC(=O)Nc2ccc(OC3CCCC3)cc2)c2ccc(C(C)C)cc2)cc1. The van der Waals surface area contributed by atoms with Crippen LogP contribution in [0.4, 0.5) is 11.4 Å². The lowest BCUT2D eigenvalue weighted by Crippen LogP contribution is -2.38. The van der Waals surface area contributed by atoms with E-state index in [0.29, 0.717) is 17.3 Å². The number of amides is 1. The van der Waals surface area contributed by atoms with Gasteiger partial charge in [-0.1, -0.05) is 43.7 Å². The van der Waals surface area contributed by atoms with E-state index in [9.17, 15) is 13.2 Å². The van der Waals surface area contributed by atoms with Gasteiger partial charge in [0.15, 0.2) is 0 Å². The summed E-state index contributed by atoms with van der Waals surface area (Å²) in [5.74, 6) is 0.655. The predicted molar refractivity (Wildman–Crippen MR) is 144 cm³/mol. The van der Waals surface area contributed by atoms with Gasteiger partial charge in [-0.3, -0.25) is 9.10 Å². The second-order valence-electron chi connectivity index (χ2n) is 9.67. The standard InChI is InChI=1S/C29H34N2O4S/c1-21(2)23-10-14-25(15-11-23)31(36(33,34)28-18-8-22(3)9-19-28)20-29(32)30-24-12-16-27(17-13-24)35-26-6-4-5-7-26/h8-19,21,26H,4-7,20H2,1-3H3,(H,30,32). The van der Waals surface area contributed by atoms with Crippen LogP contribution in [0.5, 0.6) is 5.75 Å². The molecule has 0 radical (unpaired) electrons. The van der Waals surface area contributed by atoms with Gasteiger partial charge < -0.3 is 10.1 Å². The summed E-state index contributed by atoms with van der Waals surface area (Å²) in [5.41, 5.74) is 3.08. The van der Waals surface area contributed by atoms with Crippen LogP contribution in [0.2, 0.25) is 0 Å². The third kappa shape index (κ3) is 6.26. The minimum absolute atomic E-state index is 0.141. The number of hydrogen-bond acceptors (Lipinski definition) is 4. The van der Waals surface area contributed by atoms with Gasteiger partial charge in [0.25, 0.3) is 10.0 Å². The Hall–Kier alpha value is -3.32. The second-order valence-corrected chi connectivity index (χ2v) is 11.5. The lowest BCUT2D eigenvalue weighted by Gasteiger charge is -2.24. The van der Waals surface area contributed by atoms with Crippen molar-refractivity contribution >= 4 is 27.3 Å². The van der Waals surface area contributed by atoms with Crippen molar-refractivity contribution in [2.24, 2.45) is 0 Å². The third-order valence-corrected chi connectivity index (χ3v) is 8.28. The average molecular weight is 507 g/mol. The molecule has 0 atom stereocenters. The smallest absolute Gasteiger partial charge is 0.264 e. The Balaban J connectivity index is 1.53. The number of anilines is 2. The Morgan fingerprint density at radius 2 is 1.56 bits per heavy atom. The van der Waals surface area contributed by atoms with Crippen LogP contribution in [-0.4, -0.2) is 27.0 Å². The molecule has 1 aliphatic rings. The highest BCUT2D eigenvalue weighted by atomic mass is 32.2. The van der Waals surface area contributed by atoms with Gasteiger partial charge in [-0.15, -0.1) is 0 Å². The lowest BCUT2D eigenvalue weighted by molar-refractivity contribution is -0.114. The molecule has 1 fully saturated rings. The van der Waals surface area contributed by atoms with E-state index < -0.39 is 15.9 Å². The summed E-state index contributed by atoms with van der Waals surface area (Å²) in [5, 5.41) is 2.82. The maximum absolute atomic E-state index is 13.6. The van der Waals surface area contributed by atoms with Crippen LogP contribution in [0.3, 0.4) is 0 Å². The molecule has 0 spiro atoms. The first-order valence-electron chi connectivity index (χ1n) is 12.5. The maximum Gasteiger partial charge on any atom is 0.264 e. The summed E-state index contributed by atoms with van der Waals surface area (Å²) in [7, 11) is -3.96. The van der Waals surface area contributed by atoms with Gasteiger partial charge in [-0.25, -0.2) is 8.42 Å². The first-order chi connectivity index (χ1) is 17.2. The normalized spacial score (nSPS) is 14.1. The average Bonchev–Trinajstić information content (AvgIpc) is 3.37. The molecular weight excluding hydrogens is 472 g/mol. The third-order valence-electron chi connectivity index (χ3n) is 6.49. The molecule has 6 nitrogen and oxygen atoms in total. The van der Waals surface area contributed by atoms with Crippen molar-refractivity contribution in [3.63, 3.8) is 0 Å². The van der Waals surface area contributed by atoms with Crippen molar-refractivity contribution in [2.75, 3.05) is 16.2 Å². The summed E-state index contributed by atoms with van der Waals surface area (Å²) in [6.45, 7) is 5.70. The number of hydrogen-bond donors (Lipinski definition) is 1. The number of nitrogens with one attached hydrogen (secondary N) is 1. The number of nitrogens with zero attached hydrogens (tertiary/aromatic N) is 1. The van der Waals surface area contributed by atoms with E-state index in [1.54, 1.807) is 48.5 Å². The molecule has 0 aromatic heterocycles. The number of sulfonamides is 1. The van der Waals surface area contributed by atoms with Crippen LogP contribution in [0.25, 0.3) is 0 Å². The van der Waals surface area contributed by atoms with E-state index >= 15 is 0 Å². The van der Waals surface area contributed by atoms with Gasteiger partial charge in [0.2, 0.25) is 5.91 Å². The Labute approximate surface area is 214 Å². The van der Waals surface area contributed by atoms with E-state index in [-0.39, 0.29) is 17.5 Å². The lowest BCUT2D eigenvalue weighted by atomic mass is 10.0. The highest BCUT2D eigenvalue weighted by molar-refractivity contribution is 7.92. The molecule has 4 rings (SSSR count). The Morgan fingerprint density at radius 3 is 2.14 bits per heavy atom. The molecule has 190 valence electrons. The molecule has 1 N–H and O–H groups in total. The van der Waals surface area contributed by atoms with Crippen LogP contribution in [-0.2, 0) is 14.8 Å². The molecule has 1 aliphatic carbocycles. The van der Waals surface area contributed by atoms with E-state index in [1.165, 1.54) is 12.8 Å². The molecule has 0 unspecified atom stereocenters. The summed E-state index contributed by atoms with van der Waals surface area (Å²) < 4.78 is 34.3. The Morgan fingerprint density at radius 1 is 0.944 bits per heavy atom. The molecule has 1 amide bonds. The number of carbonyl (C=O) groups is 1. The number of rotatable bonds is 9. The van der Waals surface area contributed by atoms with Crippen molar-refractivity contribution in [1.82, 2.24) is 0 Å². The van der Waals surface area contributed by atoms with Crippen LogP contribution < -0.4 is 14.4 Å². The van der Waals surface area contributed by atoms with Gasteiger partial charge >= 0.3 is 0 Å². The summed E-state index contributed by atoms with van der Waals surface area (Å²) in [4.78, 5) is 13.2. The molecule has 3 aromatic carbocycles. The van der Waals surface area contributed by atoms with Crippen molar-refractivity contribution in [3.05, 3.63) is 83.9 Å². The van der Waals surface area contributed by atoms with Crippen LogP contribution in [0.15, 0.2) is 77.7 Å². The van der Waals surface area contributed by atoms with Gasteiger partial charge in [0, 0.05) is 5.69 Å². The molecule has 3 aromatic rings. The molecule has 0 saturated heterocycles. The fourth-order valence-corrected chi connectivity index (χ4v) is 5.75. The number of aryl methyl sites for hydroxylation is 1. The highest BCUT2D eigenvalue weighted by Gasteiger charge is 2.27. The maximum atomic E-state index is 13.6.